The van der Waals surface area contributed by atoms with Gasteiger partial charge in [-0.25, -0.2) is 0 Å². The number of nitrogens with zero attached hydrogens (tertiary/aromatic N) is 2. The van der Waals surface area contributed by atoms with E-state index in [0.717, 1.165) is 12.1 Å². The van der Waals surface area contributed by atoms with Crippen LogP contribution < -0.4 is 19.7 Å². The summed E-state index contributed by atoms with van der Waals surface area (Å²) >= 11 is 0. The van der Waals surface area contributed by atoms with E-state index in [9.17, 15) is 9.59 Å². The minimum Gasteiger partial charge on any atom is -0.497 e. The summed E-state index contributed by atoms with van der Waals surface area (Å²) < 4.78 is 10.4. The molecule has 0 saturated heterocycles. The second-order valence-electron chi connectivity index (χ2n) is 6.34. The number of benzene rings is 2. The maximum atomic E-state index is 12.6. The molecule has 0 aromatic heterocycles. The highest BCUT2D eigenvalue weighted by atomic mass is 16.6. The first-order valence-electron chi connectivity index (χ1n) is 9.21. The van der Waals surface area contributed by atoms with Crippen LogP contribution in [-0.2, 0) is 14.4 Å². The molecule has 3 rings (SSSR count). The van der Waals surface area contributed by atoms with Crippen LogP contribution in [0, 0.1) is 0 Å². The first-order chi connectivity index (χ1) is 14.1. The summed E-state index contributed by atoms with van der Waals surface area (Å²) in [7, 11) is 3.05. The Bertz CT molecular complexity index is 919. The third-order valence-electron chi connectivity index (χ3n) is 4.33. The third kappa shape index (κ3) is 4.48. The Morgan fingerprint density at radius 1 is 1.10 bits per heavy atom. The molecule has 0 radical (unpaired) electrons. The minimum atomic E-state index is -0.422. The van der Waals surface area contributed by atoms with Gasteiger partial charge in [-0.05, 0) is 12.5 Å². The number of fused-ring (bicyclic) bond motifs is 1. The molecular weight excluding hydrogens is 374 g/mol. The van der Waals surface area contributed by atoms with Crippen LogP contribution >= 0.6 is 0 Å². The van der Waals surface area contributed by atoms with E-state index in [1.165, 1.54) is 14.2 Å². The van der Waals surface area contributed by atoms with Crippen LogP contribution in [0.2, 0.25) is 0 Å². The van der Waals surface area contributed by atoms with Crippen molar-refractivity contribution in [3.05, 3.63) is 48.0 Å². The number of hydrogen-bond donors (Lipinski definition) is 1. The molecule has 2 aromatic rings. The van der Waals surface area contributed by atoms with E-state index in [4.69, 9.17) is 14.3 Å². The second-order valence-corrected chi connectivity index (χ2v) is 6.34. The normalized spacial score (nSPS) is 14.0. The van der Waals surface area contributed by atoms with E-state index >= 15 is 0 Å². The zero-order chi connectivity index (χ0) is 20.8. The molecule has 1 aliphatic heterocycles. The Balaban J connectivity index is 1.67. The number of carbonyl (C=O) groups is 2. The van der Waals surface area contributed by atoms with E-state index in [1.807, 2.05) is 31.2 Å². The second kappa shape index (κ2) is 9.09. The van der Waals surface area contributed by atoms with Crippen LogP contribution in [0.4, 0.5) is 11.4 Å². The quantitative estimate of drug-likeness (QED) is 0.692. The van der Waals surface area contributed by atoms with Crippen molar-refractivity contribution in [3.63, 3.8) is 0 Å². The number of methoxy groups -OCH3 is 2. The molecule has 2 amide bonds. The summed E-state index contributed by atoms with van der Waals surface area (Å²) in [6.45, 7) is 2.25. The number of rotatable bonds is 8. The van der Waals surface area contributed by atoms with Gasteiger partial charge in [-0.2, -0.15) is 0 Å². The molecule has 0 fully saturated rings. The lowest BCUT2D eigenvalue weighted by molar-refractivity contribution is -0.120. The van der Waals surface area contributed by atoms with Gasteiger partial charge in [0.1, 0.15) is 11.5 Å². The topological polar surface area (TPSA) is 89.5 Å². The molecule has 0 aliphatic carbocycles. The van der Waals surface area contributed by atoms with Crippen LogP contribution in [0.25, 0.3) is 0 Å². The fourth-order valence-corrected chi connectivity index (χ4v) is 3.03. The number of para-hydroxylation sites is 1. The molecule has 0 spiro atoms. The van der Waals surface area contributed by atoms with Gasteiger partial charge in [-0.15, -0.1) is 0 Å². The largest absolute Gasteiger partial charge is 0.497 e. The number of oxime groups is 1. The zero-order valence-corrected chi connectivity index (χ0v) is 16.6. The molecule has 29 heavy (non-hydrogen) atoms. The summed E-state index contributed by atoms with van der Waals surface area (Å²) in [5, 5.41) is 6.63. The van der Waals surface area contributed by atoms with Crippen molar-refractivity contribution >= 4 is 28.9 Å². The minimum absolute atomic E-state index is 0.199. The lowest BCUT2D eigenvalue weighted by atomic mass is 10.1. The van der Waals surface area contributed by atoms with Crippen LogP contribution in [0.1, 0.15) is 18.9 Å². The Morgan fingerprint density at radius 2 is 1.79 bits per heavy atom. The van der Waals surface area contributed by atoms with Gasteiger partial charge < -0.3 is 24.5 Å². The first-order valence-corrected chi connectivity index (χ1v) is 9.21. The van der Waals surface area contributed by atoms with Gasteiger partial charge in [0.2, 0.25) is 0 Å². The van der Waals surface area contributed by atoms with Gasteiger partial charge in [-0.1, -0.05) is 30.3 Å². The van der Waals surface area contributed by atoms with Crippen molar-refractivity contribution in [3.8, 4) is 11.5 Å². The zero-order valence-electron chi connectivity index (χ0n) is 16.6. The van der Waals surface area contributed by atoms with Gasteiger partial charge in [0, 0.05) is 36.0 Å². The number of hydrogen-bond acceptors (Lipinski definition) is 6. The molecule has 152 valence electrons. The van der Waals surface area contributed by atoms with Crippen molar-refractivity contribution in [2.24, 2.45) is 5.16 Å². The highest BCUT2D eigenvalue weighted by molar-refractivity contribution is 6.54. The number of anilines is 2. The van der Waals surface area contributed by atoms with Crippen molar-refractivity contribution in [2.75, 3.05) is 37.6 Å². The standard InChI is InChI=1S/C21H23N3O5/c1-4-9-24-18-8-6-5-7-17(18)20(21(24)26)23-29-13-19(25)22-14-10-15(27-2)12-16(11-14)28-3/h5-8,10-12H,4,9,13H2,1-3H3,(H,22,25). The molecule has 1 aliphatic rings. The van der Waals surface area contributed by atoms with E-state index in [2.05, 4.69) is 10.5 Å². The Hall–Kier alpha value is -3.55. The predicted molar refractivity (Wildman–Crippen MR) is 110 cm³/mol. The smallest absolute Gasteiger partial charge is 0.281 e. The van der Waals surface area contributed by atoms with E-state index in [0.29, 0.717) is 29.3 Å². The van der Waals surface area contributed by atoms with Gasteiger partial charge >= 0.3 is 0 Å². The summed E-state index contributed by atoms with van der Waals surface area (Å²) in [6, 6.07) is 12.4. The van der Waals surface area contributed by atoms with Gasteiger partial charge in [0.15, 0.2) is 12.3 Å². The molecule has 1 heterocycles. The fourth-order valence-electron chi connectivity index (χ4n) is 3.03. The lowest BCUT2D eigenvalue weighted by Crippen LogP contribution is -2.31. The number of carbonyl (C=O) groups excluding carboxylic acids is 2. The molecule has 8 nitrogen and oxygen atoms in total. The average Bonchev–Trinajstić information content (AvgIpc) is 2.99. The number of nitrogens with one attached hydrogen (secondary N) is 1. The lowest BCUT2D eigenvalue weighted by Gasteiger charge is -2.14. The Labute approximate surface area is 169 Å². The molecular formula is C21H23N3O5. The molecule has 0 bridgehead atoms. The summed E-state index contributed by atoms with van der Waals surface area (Å²) in [5.74, 6) is 0.440. The van der Waals surface area contributed by atoms with Gasteiger partial charge in [0.25, 0.3) is 11.8 Å². The molecule has 0 saturated carbocycles. The van der Waals surface area contributed by atoms with E-state index in [1.54, 1.807) is 23.1 Å². The molecule has 2 aromatic carbocycles. The Kier molecular flexibility index (Phi) is 6.33. The first kappa shape index (κ1) is 20.2. The summed E-state index contributed by atoms with van der Waals surface area (Å²) in [6.07, 6.45) is 0.820. The van der Waals surface area contributed by atoms with E-state index in [-0.39, 0.29) is 18.2 Å². The van der Waals surface area contributed by atoms with Crippen LogP contribution in [-0.4, -0.2) is 44.9 Å². The number of ether oxygens (including phenoxy) is 2. The van der Waals surface area contributed by atoms with Crippen molar-refractivity contribution in [2.45, 2.75) is 13.3 Å². The van der Waals surface area contributed by atoms with Crippen LogP contribution in [0.3, 0.4) is 0 Å². The maximum absolute atomic E-state index is 12.6. The van der Waals surface area contributed by atoms with Gasteiger partial charge in [-0.3, -0.25) is 9.59 Å². The van der Waals surface area contributed by atoms with Crippen molar-refractivity contribution in [1.82, 2.24) is 0 Å². The van der Waals surface area contributed by atoms with Crippen LogP contribution in [0.15, 0.2) is 47.6 Å². The average molecular weight is 397 g/mol. The molecule has 8 heteroatoms. The highest BCUT2D eigenvalue weighted by Crippen LogP contribution is 2.29. The SMILES string of the molecule is CCCN1C(=O)C(=NOCC(=O)Nc2cc(OC)cc(OC)c2)c2ccccc21. The molecule has 0 atom stereocenters. The third-order valence-corrected chi connectivity index (χ3v) is 4.33. The fraction of sp³-hybridized carbons (Fsp3) is 0.286. The van der Waals surface area contributed by atoms with Crippen molar-refractivity contribution in [1.29, 1.82) is 0 Å². The monoisotopic (exact) mass is 397 g/mol. The highest BCUT2D eigenvalue weighted by Gasteiger charge is 2.33. The van der Waals surface area contributed by atoms with Crippen LogP contribution in [0.5, 0.6) is 11.5 Å². The predicted octanol–water partition coefficient (Wildman–Crippen LogP) is 2.82. The van der Waals surface area contributed by atoms with Crippen molar-refractivity contribution < 1.29 is 23.9 Å². The van der Waals surface area contributed by atoms with Gasteiger partial charge in [0.05, 0.1) is 19.9 Å². The summed E-state index contributed by atoms with van der Waals surface area (Å²) in [4.78, 5) is 31.7. The van der Waals surface area contributed by atoms with E-state index < -0.39 is 5.91 Å². The number of amides is 2. The summed E-state index contributed by atoms with van der Waals surface area (Å²) in [5.41, 5.74) is 2.20. The molecule has 0 unspecified atom stereocenters. The molecule has 1 N–H and O–H groups in total. The Morgan fingerprint density at radius 3 is 2.45 bits per heavy atom. The maximum Gasteiger partial charge on any atom is 0.281 e.